The SMILES string of the molecule is COc1ccc([C@@]2(C)NC(=O)N(Cc3cc(Cl)c4c(c3)OCCCO4)C2=O)cc1OC. The summed E-state index contributed by atoms with van der Waals surface area (Å²) in [5.74, 6) is 1.61. The average Bonchev–Trinajstić information content (AvgIpc) is 2.93. The van der Waals surface area contributed by atoms with E-state index in [9.17, 15) is 9.59 Å². The number of hydrogen-bond donors (Lipinski definition) is 1. The van der Waals surface area contributed by atoms with Crippen LogP contribution >= 0.6 is 11.6 Å². The zero-order chi connectivity index (χ0) is 22.2. The highest BCUT2D eigenvalue weighted by molar-refractivity contribution is 6.32. The molecule has 0 aromatic heterocycles. The van der Waals surface area contributed by atoms with Gasteiger partial charge in [0.05, 0.1) is 39.0 Å². The Morgan fingerprint density at radius 1 is 1.10 bits per heavy atom. The van der Waals surface area contributed by atoms with Crippen molar-refractivity contribution in [2.24, 2.45) is 0 Å². The molecule has 2 aromatic carbocycles. The number of methoxy groups -OCH3 is 2. The summed E-state index contributed by atoms with van der Waals surface area (Å²) in [5, 5.41) is 3.17. The lowest BCUT2D eigenvalue weighted by molar-refractivity contribution is -0.131. The molecule has 1 saturated heterocycles. The number of nitrogens with one attached hydrogen (secondary N) is 1. The molecule has 3 amide bonds. The number of hydrogen-bond acceptors (Lipinski definition) is 6. The fraction of sp³-hybridized carbons (Fsp3) is 0.364. The number of ether oxygens (including phenoxy) is 4. The molecule has 0 aliphatic carbocycles. The topological polar surface area (TPSA) is 86.3 Å². The number of fused-ring (bicyclic) bond motifs is 1. The standard InChI is InChI=1S/C22H23ClN2O6/c1-22(14-5-6-16(28-2)17(11-14)29-3)20(26)25(21(27)24-22)12-13-9-15(23)19-18(10-13)30-7-4-8-31-19/h5-6,9-11H,4,7-8,12H2,1-3H3,(H,24,27)/t22-/m1/s1. The van der Waals surface area contributed by atoms with Gasteiger partial charge in [-0.15, -0.1) is 0 Å². The van der Waals surface area contributed by atoms with Gasteiger partial charge in [-0.2, -0.15) is 0 Å². The number of halogens is 1. The Morgan fingerprint density at radius 2 is 1.84 bits per heavy atom. The number of benzene rings is 2. The first kappa shape index (κ1) is 21.1. The van der Waals surface area contributed by atoms with Gasteiger partial charge in [-0.05, 0) is 42.3 Å². The highest BCUT2D eigenvalue weighted by Gasteiger charge is 2.49. The molecule has 164 valence electrons. The smallest absolute Gasteiger partial charge is 0.325 e. The largest absolute Gasteiger partial charge is 0.493 e. The Hall–Kier alpha value is -3.13. The van der Waals surface area contributed by atoms with E-state index in [4.69, 9.17) is 30.5 Å². The lowest BCUT2D eigenvalue weighted by Gasteiger charge is -2.23. The van der Waals surface area contributed by atoms with Crippen molar-refractivity contribution in [1.82, 2.24) is 10.2 Å². The van der Waals surface area contributed by atoms with Gasteiger partial charge in [0.25, 0.3) is 5.91 Å². The van der Waals surface area contributed by atoms with Gasteiger partial charge in [0.1, 0.15) is 5.54 Å². The Kier molecular flexibility index (Phi) is 5.58. The van der Waals surface area contributed by atoms with Crippen molar-refractivity contribution in [2.45, 2.75) is 25.4 Å². The van der Waals surface area contributed by atoms with E-state index in [1.807, 2.05) is 0 Å². The van der Waals surface area contributed by atoms with E-state index in [0.29, 0.717) is 52.4 Å². The maximum atomic E-state index is 13.3. The number of urea groups is 1. The third-order valence-electron chi connectivity index (χ3n) is 5.44. The zero-order valence-electron chi connectivity index (χ0n) is 17.5. The predicted molar refractivity (Wildman–Crippen MR) is 113 cm³/mol. The van der Waals surface area contributed by atoms with Crippen LogP contribution in [-0.4, -0.2) is 44.3 Å². The molecule has 1 fully saturated rings. The average molecular weight is 447 g/mol. The third kappa shape index (κ3) is 3.72. The predicted octanol–water partition coefficient (Wildman–Crippen LogP) is 3.49. The molecule has 0 radical (unpaired) electrons. The summed E-state index contributed by atoms with van der Waals surface area (Å²) in [6, 6.07) is 8.05. The Labute approximate surface area is 185 Å². The second-order valence-corrected chi connectivity index (χ2v) is 7.88. The first-order valence-corrected chi connectivity index (χ1v) is 10.2. The van der Waals surface area contributed by atoms with Gasteiger partial charge >= 0.3 is 6.03 Å². The van der Waals surface area contributed by atoms with Crippen LogP contribution in [0.4, 0.5) is 4.79 Å². The van der Waals surface area contributed by atoms with E-state index >= 15 is 0 Å². The summed E-state index contributed by atoms with van der Waals surface area (Å²) in [7, 11) is 3.04. The van der Waals surface area contributed by atoms with Gasteiger partial charge in [-0.1, -0.05) is 17.7 Å². The molecule has 2 heterocycles. The maximum absolute atomic E-state index is 13.3. The lowest BCUT2D eigenvalue weighted by Crippen LogP contribution is -2.40. The van der Waals surface area contributed by atoms with Crippen molar-refractivity contribution in [1.29, 1.82) is 0 Å². The van der Waals surface area contributed by atoms with Gasteiger partial charge in [0.15, 0.2) is 23.0 Å². The van der Waals surface area contributed by atoms with Crippen molar-refractivity contribution in [3.8, 4) is 23.0 Å². The van der Waals surface area contributed by atoms with Crippen LogP contribution in [0.15, 0.2) is 30.3 Å². The molecule has 0 unspecified atom stereocenters. The first-order chi connectivity index (χ1) is 14.9. The quantitative estimate of drug-likeness (QED) is 0.707. The summed E-state index contributed by atoms with van der Waals surface area (Å²) in [6.45, 7) is 2.73. The van der Waals surface area contributed by atoms with Crippen LogP contribution in [0.25, 0.3) is 0 Å². The van der Waals surface area contributed by atoms with Crippen LogP contribution in [-0.2, 0) is 16.9 Å². The summed E-state index contributed by atoms with van der Waals surface area (Å²) in [5.41, 5.74) is 0.00291. The Morgan fingerprint density at radius 3 is 2.58 bits per heavy atom. The second kappa shape index (κ2) is 8.19. The van der Waals surface area contributed by atoms with Crippen molar-refractivity contribution < 1.29 is 28.5 Å². The maximum Gasteiger partial charge on any atom is 0.325 e. The number of carbonyl (C=O) groups is 2. The van der Waals surface area contributed by atoms with Crippen molar-refractivity contribution in [3.63, 3.8) is 0 Å². The third-order valence-corrected chi connectivity index (χ3v) is 5.72. The van der Waals surface area contributed by atoms with E-state index in [1.165, 1.54) is 14.2 Å². The fourth-order valence-corrected chi connectivity index (χ4v) is 4.03. The van der Waals surface area contributed by atoms with Crippen molar-refractivity contribution in [2.75, 3.05) is 27.4 Å². The van der Waals surface area contributed by atoms with Gasteiger partial charge in [-0.3, -0.25) is 9.69 Å². The van der Waals surface area contributed by atoms with Crippen LogP contribution in [0.3, 0.4) is 0 Å². The highest BCUT2D eigenvalue weighted by Crippen LogP contribution is 2.39. The van der Waals surface area contributed by atoms with Crippen molar-refractivity contribution in [3.05, 3.63) is 46.5 Å². The van der Waals surface area contributed by atoms with Crippen LogP contribution in [0.1, 0.15) is 24.5 Å². The number of amides is 3. The normalized spacial score (nSPS) is 20.3. The minimum Gasteiger partial charge on any atom is -0.493 e. The van der Waals surface area contributed by atoms with E-state index in [0.717, 1.165) is 11.3 Å². The minimum absolute atomic E-state index is 0.0455. The van der Waals surface area contributed by atoms with Gasteiger partial charge in [-0.25, -0.2) is 4.79 Å². The fourth-order valence-electron chi connectivity index (χ4n) is 3.74. The highest BCUT2D eigenvalue weighted by atomic mass is 35.5. The van der Waals surface area contributed by atoms with E-state index in [2.05, 4.69) is 5.32 Å². The van der Waals surface area contributed by atoms with Gasteiger partial charge < -0.3 is 24.3 Å². The molecule has 1 atom stereocenters. The molecular weight excluding hydrogens is 424 g/mol. The van der Waals surface area contributed by atoms with Crippen LogP contribution < -0.4 is 24.3 Å². The van der Waals surface area contributed by atoms with Gasteiger partial charge in [0, 0.05) is 6.42 Å². The summed E-state index contributed by atoms with van der Waals surface area (Å²) in [6.07, 6.45) is 0.747. The first-order valence-electron chi connectivity index (χ1n) is 9.82. The molecule has 0 spiro atoms. The lowest BCUT2D eigenvalue weighted by atomic mass is 9.91. The molecule has 0 bridgehead atoms. The number of carbonyl (C=O) groups excluding carboxylic acids is 2. The van der Waals surface area contributed by atoms with E-state index in [-0.39, 0.29) is 12.5 Å². The molecular formula is C22H23ClN2O6. The van der Waals surface area contributed by atoms with E-state index in [1.54, 1.807) is 37.3 Å². The zero-order valence-corrected chi connectivity index (χ0v) is 18.2. The molecule has 2 aliphatic heterocycles. The summed E-state index contributed by atoms with van der Waals surface area (Å²) in [4.78, 5) is 27.2. The second-order valence-electron chi connectivity index (χ2n) is 7.47. The molecule has 2 aromatic rings. The molecule has 2 aliphatic rings. The number of rotatable bonds is 5. The van der Waals surface area contributed by atoms with Gasteiger partial charge in [0.2, 0.25) is 0 Å². The molecule has 1 N–H and O–H groups in total. The van der Waals surface area contributed by atoms with E-state index < -0.39 is 11.6 Å². The summed E-state index contributed by atoms with van der Waals surface area (Å²) >= 11 is 6.36. The van der Waals surface area contributed by atoms with Crippen molar-refractivity contribution >= 4 is 23.5 Å². The monoisotopic (exact) mass is 446 g/mol. The molecule has 9 heteroatoms. The molecule has 4 rings (SSSR count). The Balaban J connectivity index is 1.62. The summed E-state index contributed by atoms with van der Waals surface area (Å²) < 4.78 is 21.9. The molecule has 31 heavy (non-hydrogen) atoms. The minimum atomic E-state index is -1.24. The number of nitrogens with zero attached hydrogens (tertiary/aromatic N) is 1. The van der Waals surface area contributed by atoms with Crippen LogP contribution in [0.5, 0.6) is 23.0 Å². The van der Waals surface area contributed by atoms with Crippen LogP contribution in [0, 0.1) is 0 Å². The van der Waals surface area contributed by atoms with Crippen LogP contribution in [0.2, 0.25) is 5.02 Å². The molecule has 0 saturated carbocycles. The Bertz CT molecular complexity index is 1040. The number of imide groups is 1. The molecule has 8 nitrogen and oxygen atoms in total.